The second-order valence-electron chi connectivity index (χ2n) is 5.91. The molecular formula is C14H19F3N2O. The summed E-state index contributed by atoms with van der Waals surface area (Å²) in [6, 6.07) is 2.60. The third-order valence-electron chi connectivity index (χ3n) is 3.28. The molecule has 6 heteroatoms. The average Bonchev–Trinajstić information content (AvgIpc) is 2.37. The monoisotopic (exact) mass is 288 g/mol. The van der Waals surface area contributed by atoms with Crippen molar-refractivity contribution in [2.75, 3.05) is 31.2 Å². The van der Waals surface area contributed by atoms with Crippen molar-refractivity contribution in [3.8, 4) is 0 Å². The van der Waals surface area contributed by atoms with E-state index in [1.165, 1.54) is 0 Å². The van der Waals surface area contributed by atoms with Gasteiger partial charge in [0.2, 0.25) is 0 Å². The summed E-state index contributed by atoms with van der Waals surface area (Å²) in [6.07, 6.45) is -4.42. The Bertz CT molecular complexity index is 474. The van der Waals surface area contributed by atoms with E-state index < -0.39 is 11.9 Å². The van der Waals surface area contributed by atoms with Gasteiger partial charge in [-0.1, -0.05) is 26.8 Å². The Morgan fingerprint density at radius 1 is 1.10 bits per heavy atom. The molecule has 0 N–H and O–H groups in total. The average molecular weight is 288 g/mol. The van der Waals surface area contributed by atoms with Gasteiger partial charge >= 0.3 is 6.18 Å². The fourth-order valence-electron chi connectivity index (χ4n) is 2.21. The second-order valence-corrected chi connectivity index (χ2v) is 5.91. The Kier molecular flexibility index (Phi) is 3.95. The van der Waals surface area contributed by atoms with Crippen LogP contribution in [0.25, 0.3) is 0 Å². The fourth-order valence-corrected chi connectivity index (χ4v) is 2.21. The Morgan fingerprint density at radius 3 is 2.20 bits per heavy atom. The first-order chi connectivity index (χ1) is 9.19. The second kappa shape index (κ2) is 5.24. The molecule has 112 valence electrons. The van der Waals surface area contributed by atoms with Crippen LogP contribution in [0.3, 0.4) is 0 Å². The summed E-state index contributed by atoms with van der Waals surface area (Å²) in [7, 11) is 0. The molecule has 1 aromatic heterocycles. The highest BCUT2D eigenvalue weighted by atomic mass is 19.4. The lowest BCUT2D eigenvalue weighted by Crippen LogP contribution is -2.38. The molecule has 1 aromatic rings. The zero-order valence-corrected chi connectivity index (χ0v) is 11.9. The number of hydrogen-bond donors (Lipinski definition) is 0. The first kappa shape index (κ1) is 15.1. The number of alkyl halides is 3. The minimum atomic E-state index is -4.42. The molecule has 0 bridgehead atoms. The van der Waals surface area contributed by atoms with Crippen molar-refractivity contribution in [2.45, 2.75) is 32.4 Å². The first-order valence-corrected chi connectivity index (χ1v) is 6.61. The Labute approximate surface area is 116 Å². The SMILES string of the molecule is CC(C)(C)c1ccc(C(F)(F)F)nc1N1CCOCC1. The molecule has 2 rings (SSSR count). The summed E-state index contributed by atoms with van der Waals surface area (Å²) < 4.78 is 43.8. The molecule has 0 spiro atoms. The van der Waals surface area contributed by atoms with Crippen LogP contribution in [0, 0.1) is 0 Å². The Balaban J connectivity index is 2.48. The lowest BCUT2D eigenvalue weighted by Gasteiger charge is -2.33. The number of ether oxygens (including phenoxy) is 1. The van der Waals surface area contributed by atoms with Crippen LogP contribution in [-0.4, -0.2) is 31.3 Å². The van der Waals surface area contributed by atoms with Gasteiger partial charge in [-0.15, -0.1) is 0 Å². The van der Waals surface area contributed by atoms with Crippen LogP contribution in [0.4, 0.5) is 19.0 Å². The summed E-state index contributed by atoms with van der Waals surface area (Å²) >= 11 is 0. The van der Waals surface area contributed by atoms with Gasteiger partial charge in [0.1, 0.15) is 11.5 Å². The van der Waals surface area contributed by atoms with Gasteiger partial charge in [0.05, 0.1) is 13.2 Å². The van der Waals surface area contributed by atoms with Crippen LogP contribution in [0.2, 0.25) is 0 Å². The smallest absolute Gasteiger partial charge is 0.378 e. The van der Waals surface area contributed by atoms with Crippen molar-refractivity contribution in [1.29, 1.82) is 0 Å². The molecule has 1 fully saturated rings. The van der Waals surface area contributed by atoms with Gasteiger partial charge in [-0.3, -0.25) is 0 Å². The molecule has 0 aromatic carbocycles. The molecule has 0 amide bonds. The third-order valence-corrected chi connectivity index (χ3v) is 3.28. The summed E-state index contributed by atoms with van der Waals surface area (Å²) in [5, 5.41) is 0. The minimum Gasteiger partial charge on any atom is -0.378 e. The van der Waals surface area contributed by atoms with E-state index in [1.54, 1.807) is 6.07 Å². The molecular weight excluding hydrogens is 269 g/mol. The van der Waals surface area contributed by atoms with Crippen LogP contribution in [0.5, 0.6) is 0 Å². The summed E-state index contributed by atoms with van der Waals surface area (Å²) in [4.78, 5) is 5.75. The Hall–Kier alpha value is -1.30. The Morgan fingerprint density at radius 2 is 1.70 bits per heavy atom. The van der Waals surface area contributed by atoms with Crippen molar-refractivity contribution in [2.24, 2.45) is 0 Å². The molecule has 3 nitrogen and oxygen atoms in total. The van der Waals surface area contributed by atoms with Crippen LogP contribution >= 0.6 is 0 Å². The molecule has 0 unspecified atom stereocenters. The molecule has 1 saturated heterocycles. The number of anilines is 1. The number of pyridine rings is 1. The van der Waals surface area contributed by atoms with Gasteiger partial charge in [-0.25, -0.2) is 4.98 Å². The fraction of sp³-hybridized carbons (Fsp3) is 0.643. The summed E-state index contributed by atoms with van der Waals surface area (Å²) in [5.74, 6) is 0.427. The van der Waals surface area contributed by atoms with Gasteiger partial charge < -0.3 is 9.64 Å². The van der Waals surface area contributed by atoms with Crippen LogP contribution < -0.4 is 4.90 Å². The van der Waals surface area contributed by atoms with E-state index in [0.29, 0.717) is 32.1 Å². The number of nitrogens with zero attached hydrogens (tertiary/aromatic N) is 2. The van der Waals surface area contributed by atoms with Gasteiger partial charge in [0, 0.05) is 18.7 Å². The molecule has 20 heavy (non-hydrogen) atoms. The predicted octanol–water partition coefficient (Wildman–Crippen LogP) is 3.23. The maximum absolute atomic E-state index is 12.9. The molecule has 1 aliphatic heterocycles. The van der Waals surface area contributed by atoms with Crippen LogP contribution in [-0.2, 0) is 16.3 Å². The topological polar surface area (TPSA) is 25.4 Å². The maximum atomic E-state index is 12.9. The molecule has 0 radical (unpaired) electrons. The molecule has 1 aliphatic rings. The van der Waals surface area contributed by atoms with Gasteiger partial charge in [0.15, 0.2) is 0 Å². The first-order valence-electron chi connectivity index (χ1n) is 6.61. The van der Waals surface area contributed by atoms with Crippen molar-refractivity contribution in [3.63, 3.8) is 0 Å². The van der Waals surface area contributed by atoms with E-state index in [1.807, 2.05) is 25.7 Å². The zero-order chi connectivity index (χ0) is 15.0. The third kappa shape index (κ3) is 3.23. The van der Waals surface area contributed by atoms with E-state index >= 15 is 0 Å². The molecule has 0 atom stereocenters. The van der Waals surface area contributed by atoms with Crippen molar-refractivity contribution < 1.29 is 17.9 Å². The van der Waals surface area contributed by atoms with E-state index in [4.69, 9.17) is 4.74 Å². The highest BCUT2D eigenvalue weighted by Gasteiger charge is 2.35. The minimum absolute atomic E-state index is 0.259. The quantitative estimate of drug-likeness (QED) is 0.793. The predicted molar refractivity (Wildman–Crippen MR) is 71.0 cm³/mol. The van der Waals surface area contributed by atoms with Crippen molar-refractivity contribution in [1.82, 2.24) is 4.98 Å². The maximum Gasteiger partial charge on any atom is 0.433 e. The normalized spacial score (nSPS) is 17.4. The largest absolute Gasteiger partial charge is 0.433 e. The number of hydrogen-bond acceptors (Lipinski definition) is 3. The standard InChI is InChI=1S/C14H19F3N2O/c1-13(2,3)10-4-5-11(14(15,16)17)18-12(10)19-6-8-20-9-7-19/h4-5H,6-9H2,1-3H3. The van der Waals surface area contributed by atoms with Crippen LogP contribution in [0.1, 0.15) is 32.0 Å². The van der Waals surface area contributed by atoms with Crippen molar-refractivity contribution >= 4 is 5.82 Å². The zero-order valence-electron chi connectivity index (χ0n) is 11.9. The number of aromatic nitrogens is 1. The number of rotatable bonds is 1. The summed E-state index contributed by atoms with van der Waals surface area (Å²) in [5.41, 5.74) is -0.274. The van der Waals surface area contributed by atoms with Crippen molar-refractivity contribution in [3.05, 3.63) is 23.4 Å². The van der Waals surface area contributed by atoms with Gasteiger partial charge in [0.25, 0.3) is 0 Å². The van der Waals surface area contributed by atoms with Gasteiger partial charge in [-0.2, -0.15) is 13.2 Å². The number of halogens is 3. The van der Waals surface area contributed by atoms with Crippen LogP contribution in [0.15, 0.2) is 12.1 Å². The van der Waals surface area contributed by atoms with E-state index in [0.717, 1.165) is 11.6 Å². The van der Waals surface area contributed by atoms with E-state index in [9.17, 15) is 13.2 Å². The summed E-state index contributed by atoms with van der Waals surface area (Å²) in [6.45, 7) is 8.08. The lowest BCUT2D eigenvalue weighted by atomic mass is 9.87. The highest BCUT2D eigenvalue weighted by molar-refractivity contribution is 5.51. The van der Waals surface area contributed by atoms with E-state index in [2.05, 4.69) is 4.98 Å². The van der Waals surface area contributed by atoms with E-state index in [-0.39, 0.29) is 5.41 Å². The number of morpholine rings is 1. The lowest BCUT2D eigenvalue weighted by molar-refractivity contribution is -0.141. The molecule has 0 aliphatic carbocycles. The van der Waals surface area contributed by atoms with Gasteiger partial charge in [-0.05, 0) is 11.5 Å². The molecule has 0 saturated carbocycles. The highest BCUT2D eigenvalue weighted by Crippen LogP contribution is 2.35. The molecule has 2 heterocycles.